The summed E-state index contributed by atoms with van der Waals surface area (Å²) in [5, 5.41) is 8.59. The van der Waals surface area contributed by atoms with Crippen LogP contribution in [0, 0.1) is 0 Å². The van der Waals surface area contributed by atoms with Gasteiger partial charge in [0.2, 0.25) is 0 Å². The fraction of sp³-hybridized carbons (Fsp3) is 0.100. The van der Waals surface area contributed by atoms with Crippen molar-refractivity contribution in [1.82, 2.24) is 9.97 Å². The summed E-state index contributed by atoms with van der Waals surface area (Å²) >= 11 is 0. The highest BCUT2D eigenvalue weighted by atomic mass is 16.2. The highest BCUT2D eigenvalue weighted by molar-refractivity contribution is 5.88. The minimum Gasteiger partial charge on any atom is -0.373 e. The van der Waals surface area contributed by atoms with Crippen LogP contribution in [0.4, 0.5) is 27.5 Å². The van der Waals surface area contributed by atoms with Crippen molar-refractivity contribution >= 4 is 39.8 Å². The molecule has 0 aliphatic heterocycles. The Morgan fingerprint density at radius 3 is 2.66 bits per heavy atom. The molecule has 0 fully saturated rings. The molecular weight excluding hydrogens is 372 g/mol. The van der Waals surface area contributed by atoms with Crippen LogP contribution < -0.4 is 32.5 Å². The van der Waals surface area contributed by atoms with E-state index in [0.29, 0.717) is 11.4 Å². The van der Waals surface area contributed by atoms with Crippen LogP contribution in [0.25, 0.3) is 11.0 Å². The lowest BCUT2D eigenvalue weighted by atomic mass is 10.1. The van der Waals surface area contributed by atoms with E-state index in [-0.39, 0.29) is 17.4 Å². The van der Waals surface area contributed by atoms with Crippen molar-refractivity contribution in [2.24, 2.45) is 5.73 Å². The summed E-state index contributed by atoms with van der Waals surface area (Å²) in [4.78, 5) is 42.4. The van der Waals surface area contributed by atoms with Crippen molar-refractivity contribution < 1.29 is 4.79 Å². The molecule has 4 aromatic rings. The molecule has 0 spiro atoms. The minimum absolute atomic E-state index is 0.211. The number of amides is 2. The van der Waals surface area contributed by atoms with Gasteiger partial charge in [-0.1, -0.05) is 12.1 Å². The zero-order valence-electron chi connectivity index (χ0n) is 15.4. The van der Waals surface area contributed by atoms with Gasteiger partial charge in [-0.3, -0.25) is 9.59 Å². The number of carbonyl (C=O) groups is 1. The molecule has 2 amide bonds. The number of hydrogen-bond donors (Lipinski definition) is 5. The van der Waals surface area contributed by atoms with Crippen molar-refractivity contribution in [3.05, 3.63) is 74.8 Å². The van der Waals surface area contributed by atoms with Gasteiger partial charge in [0.15, 0.2) is 0 Å². The number of aromatic amines is 1. The fourth-order valence-electron chi connectivity index (χ4n) is 3.13. The van der Waals surface area contributed by atoms with Gasteiger partial charge in [-0.2, -0.15) is 0 Å². The van der Waals surface area contributed by atoms with Crippen molar-refractivity contribution in [3.63, 3.8) is 0 Å². The van der Waals surface area contributed by atoms with Gasteiger partial charge in [0.05, 0.1) is 17.4 Å². The first kappa shape index (κ1) is 18.2. The number of urea groups is 1. The molecule has 3 aromatic carbocycles. The van der Waals surface area contributed by atoms with Crippen LogP contribution in [0.3, 0.4) is 0 Å². The normalized spacial score (nSPS) is 12.0. The van der Waals surface area contributed by atoms with E-state index in [2.05, 4.69) is 25.9 Å². The molecule has 4 rings (SSSR count). The summed E-state index contributed by atoms with van der Waals surface area (Å²) in [5.74, 6) is 0. The summed E-state index contributed by atoms with van der Waals surface area (Å²) in [5.41, 5.74) is 8.05. The van der Waals surface area contributed by atoms with Crippen LogP contribution in [0.2, 0.25) is 0 Å². The molecular formula is C20H18N6O3. The molecule has 29 heavy (non-hydrogen) atoms. The first-order chi connectivity index (χ1) is 13.9. The Bertz CT molecular complexity index is 1290. The average molecular weight is 390 g/mol. The molecule has 0 saturated heterocycles. The zero-order chi connectivity index (χ0) is 20.5. The highest BCUT2D eigenvalue weighted by Gasteiger charge is 2.23. The Morgan fingerprint density at radius 2 is 1.86 bits per heavy atom. The maximum atomic E-state index is 12.1. The van der Waals surface area contributed by atoms with Crippen molar-refractivity contribution in [2.45, 2.75) is 13.0 Å². The second kappa shape index (κ2) is 7.12. The van der Waals surface area contributed by atoms with E-state index in [9.17, 15) is 14.4 Å². The van der Waals surface area contributed by atoms with E-state index >= 15 is 0 Å². The molecule has 1 atom stereocenters. The first-order valence-electron chi connectivity index (χ1n) is 8.89. The molecule has 9 heteroatoms. The monoisotopic (exact) mass is 390 g/mol. The molecule has 0 aliphatic carbocycles. The van der Waals surface area contributed by atoms with Crippen LogP contribution in [0.5, 0.6) is 0 Å². The van der Waals surface area contributed by atoms with Gasteiger partial charge in [0.1, 0.15) is 11.4 Å². The molecule has 0 aliphatic rings. The maximum Gasteiger partial charge on any atom is 0.316 e. The number of aromatic nitrogens is 2. The van der Waals surface area contributed by atoms with E-state index < -0.39 is 16.9 Å². The Hall–Kier alpha value is -4.14. The number of H-pyrrole nitrogens is 1. The Labute approximate surface area is 164 Å². The van der Waals surface area contributed by atoms with Crippen molar-refractivity contribution in [1.29, 1.82) is 0 Å². The number of benzene rings is 2. The lowest BCUT2D eigenvalue weighted by Gasteiger charge is -2.20. The number of fused-ring (bicyclic) bond motifs is 1. The van der Waals surface area contributed by atoms with E-state index in [1.807, 2.05) is 19.1 Å². The first-order valence-corrected chi connectivity index (χ1v) is 8.89. The predicted molar refractivity (Wildman–Crippen MR) is 112 cm³/mol. The number of rotatable bonds is 6. The van der Waals surface area contributed by atoms with E-state index in [0.717, 1.165) is 16.6 Å². The average Bonchev–Trinajstić information content (AvgIpc) is 3.17. The SMILES string of the molecule is CC(Nc1c(Nc2ccc3[nH]cnc3c2)c(=O)c1=O)c1cccc(NC(N)=O)c1. The van der Waals surface area contributed by atoms with Gasteiger partial charge in [-0.15, -0.1) is 0 Å². The molecule has 146 valence electrons. The van der Waals surface area contributed by atoms with Gasteiger partial charge in [0, 0.05) is 17.4 Å². The molecule has 0 bridgehead atoms. The molecule has 1 unspecified atom stereocenters. The van der Waals surface area contributed by atoms with Crippen LogP contribution in [0.15, 0.2) is 58.4 Å². The summed E-state index contributed by atoms with van der Waals surface area (Å²) in [6.45, 7) is 1.85. The number of hydrogen-bond acceptors (Lipinski definition) is 6. The Morgan fingerprint density at radius 1 is 1.07 bits per heavy atom. The van der Waals surface area contributed by atoms with Gasteiger partial charge in [0.25, 0.3) is 10.9 Å². The number of carbonyl (C=O) groups excluding carboxylic acids is 1. The third kappa shape index (κ3) is 3.53. The number of anilines is 4. The number of imidazole rings is 1. The molecule has 1 aromatic heterocycles. The van der Waals surface area contributed by atoms with E-state index in [1.165, 1.54) is 0 Å². The third-order valence-electron chi connectivity index (χ3n) is 4.62. The molecule has 0 saturated carbocycles. The second-order valence-corrected chi connectivity index (χ2v) is 6.65. The molecule has 6 N–H and O–H groups in total. The predicted octanol–water partition coefficient (Wildman–Crippen LogP) is 2.57. The molecule has 0 radical (unpaired) electrons. The van der Waals surface area contributed by atoms with Gasteiger partial charge in [-0.25, -0.2) is 9.78 Å². The maximum absolute atomic E-state index is 12.1. The van der Waals surface area contributed by atoms with Gasteiger partial charge >= 0.3 is 6.03 Å². The van der Waals surface area contributed by atoms with E-state index in [1.54, 1.807) is 36.7 Å². The number of primary amides is 1. The van der Waals surface area contributed by atoms with E-state index in [4.69, 9.17) is 5.73 Å². The quantitative estimate of drug-likeness (QED) is 0.320. The van der Waals surface area contributed by atoms with Crippen LogP contribution in [-0.2, 0) is 0 Å². The third-order valence-corrected chi connectivity index (χ3v) is 4.62. The lowest BCUT2D eigenvalue weighted by Crippen LogP contribution is -2.37. The number of nitrogens with one attached hydrogen (secondary N) is 4. The fourth-order valence-corrected chi connectivity index (χ4v) is 3.13. The minimum atomic E-state index is -0.661. The second-order valence-electron chi connectivity index (χ2n) is 6.65. The molecule has 1 heterocycles. The highest BCUT2D eigenvalue weighted by Crippen LogP contribution is 2.27. The topological polar surface area (TPSA) is 142 Å². The standard InChI is InChI=1S/C20H18N6O3/c1-10(11-3-2-4-12(7-11)26-20(21)29)24-16-17(19(28)18(16)27)25-13-5-6-14-15(8-13)23-9-22-14/h2-10,24-25H,1H3,(H,22,23)(H3,21,26,29). The van der Waals surface area contributed by atoms with Gasteiger partial charge < -0.3 is 26.7 Å². The van der Waals surface area contributed by atoms with Crippen LogP contribution >= 0.6 is 0 Å². The summed E-state index contributed by atoms with van der Waals surface area (Å²) < 4.78 is 0. The van der Waals surface area contributed by atoms with Gasteiger partial charge in [-0.05, 0) is 42.8 Å². The zero-order valence-corrected chi connectivity index (χ0v) is 15.4. The Kier molecular flexibility index (Phi) is 4.47. The van der Waals surface area contributed by atoms with Crippen LogP contribution in [0.1, 0.15) is 18.5 Å². The van der Waals surface area contributed by atoms with Crippen molar-refractivity contribution in [2.75, 3.05) is 16.0 Å². The molecule has 9 nitrogen and oxygen atoms in total. The number of nitrogens with zero attached hydrogens (tertiary/aromatic N) is 1. The lowest BCUT2D eigenvalue weighted by molar-refractivity contribution is 0.259. The Balaban J connectivity index is 1.55. The summed E-state index contributed by atoms with van der Waals surface area (Å²) in [7, 11) is 0. The smallest absolute Gasteiger partial charge is 0.316 e. The van der Waals surface area contributed by atoms with Crippen molar-refractivity contribution in [3.8, 4) is 0 Å². The largest absolute Gasteiger partial charge is 0.373 e. The van der Waals surface area contributed by atoms with Crippen LogP contribution in [-0.4, -0.2) is 16.0 Å². The summed E-state index contributed by atoms with van der Waals surface area (Å²) in [6, 6.07) is 11.5. The summed E-state index contributed by atoms with van der Waals surface area (Å²) in [6.07, 6.45) is 1.58. The number of nitrogens with two attached hydrogens (primary N) is 1.